The Morgan fingerprint density at radius 1 is 1.26 bits per heavy atom. The first-order chi connectivity index (χ1) is 10.8. The topological polar surface area (TPSA) is 91.0 Å². The predicted octanol–water partition coefficient (Wildman–Crippen LogP) is 1.85. The summed E-state index contributed by atoms with van der Waals surface area (Å²) in [6.45, 7) is 6.31. The van der Waals surface area contributed by atoms with Crippen molar-refractivity contribution >= 4 is 15.7 Å². The Morgan fingerprint density at radius 2 is 1.96 bits per heavy atom. The van der Waals surface area contributed by atoms with Crippen LogP contribution in [0.25, 0.3) is 0 Å². The average molecular weight is 337 g/mol. The second-order valence-electron chi connectivity index (χ2n) is 5.61. The quantitative estimate of drug-likeness (QED) is 0.839. The predicted molar refractivity (Wildman–Crippen MR) is 89.9 cm³/mol. The summed E-state index contributed by atoms with van der Waals surface area (Å²) >= 11 is 0. The van der Waals surface area contributed by atoms with Crippen LogP contribution in [-0.2, 0) is 23.0 Å². The number of nitrogens with zero attached hydrogens (tertiary/aromatic N) is 3. The second-order valence-corrected chi connectivity index (χ2v) is 7.76. The Morgan fingerprint density at radius 3 is 2.52 bits per heavy atom. The molecule has 0 aliphatic heterocycles. The van der Waals surface area contributed by atoms with Gasteiger partial charge in [-0.3, -0.25) is 5.10 Å². The molecular formula is C15H23N5O2S. The molecule has 23 heavy (non-hydrogen) atoms. The number of hydrogen-bond donors (Lipinski definition) is 2. The molecule has 1 aromatic heterocycles. The molecule has 126 valence electrons. The van der Waals surface area contributed by atoms with Crippen molar-refractivity contribution in [3.8, 4) is 0 Å². The first-order valence-corrected chi connectivity index (χ1v) is 8.87. The summed E-state index contributed by atoms with van der Waals surface area (Å²) < 4.78 is 25.9. The van der Waals surface area contributed by atoms with E-state index in [1.165, 1.54) is 18.4 Å². The van der Waals surface area contributed by atoms with Crippen LogP contribution in [-0.4, -0.2) is 42.0 Å². The Bertz CT molecular complexity index is 796. The van der Waals surface area contributed by atoms with Crippen LogP contribution in [0.5, 0.6) is 0 Å². The van der Waals surface area contributed by atoms with Gasteiger partial charge < -0.3 is 5.32 Å². The number of aromatic amines is 1. The van der Waals surface area contributed by atoms with Crippen LogP contribution in [0.15, 0.2) is 17.0 Å². The highest BCUT2D eigenvalue weighted by atomic mass is 32.2. The lowest BCUT2D eigenvalue weighted by Gasteiger charge is -2.16. The highest BCUT2D eigenvalue weighted by molar-refractivity contribution is 7.89. The zero-order valence-corrected chi connectivity index (χ0v) is 15.0. The summed E-state index contributed by atoms with van der Waals surface area (Å²) in [5.41, 5.74) is 2.71. The van der Waals surface area contributed by atoms with Crippen molar-refractivity contribution in [2.45, 2.75) is 38.6 Å². The van der Waals surface area contributed by atoms with Crippen LogP contribution in [0.2, 0.25) is 0 Å². The fraction of sp³-hybridized carbons (Fsp3) is 0.467. The van der Waals surface area contributed by atoms with Crippen molar-refractivity contribution in [2.24, 2.45) is 0 Å². The summed E-state index contributed by atoms with van der Waals surface area (Å²) in [7, 11) is -0.411. The van der Waals surface area contributed by atoms with Gasteiger partial charge in [-0.2, -0.15) is 5.10 Å². The third kappa shape index (κ3) is 3.70. The van der Waals surface area contributed by atoms with E-state index in [1.54, 1.807) is 12.1 Å². The number of nitrogens with one attached hydrogen (secondary N) is 2. The summed E-state index contributed by atoms with van der Waals surface area (Å²) in [6, 6.07) is 3.36. The van der Waals surface area contributed by atoms with Crippen LogP contribution >= 0.6 is 0 Å². The molecule has 0 saturated heterocycles. The lowest BCUT2D eigenvalue weighted by molar-refractivity contribution is 0.520. The van der Waals surface area contributed by atoms with Gasteiger partial charge in [-0.25, -0.2) is 17.7 Å². The molecule has 1 heterocycles. The van der Waals surface area contributed by atoms with E-state index in [1.807, 2.05) is 20.8 Å². The maximum Gasteiger partial charge on any atom is 0.242 e. The normalized spacial score (nSPS) is 11.9. The molecule has 0 aliphatic rings. The van der Waals surface area contributed by atoms with Gasteiger partial charge in [0.05, 0.1) is 11.4 Å². The first-order valence-electron chi connectivity index (χ1n) is 7.43. The molecule has 2 aromatic rings. The van der Waals surface area contributed by atoms with E-state index in [2.05, 4.69) is 20.5 Å². The van der Waals surface area contributed by atoms with Crippen molar-refractivity contribution in [2.75, 3.05) is 19.4 Å². The van der Waals surface area contributed by atoms with Crippen LogP contribution in [0.3, 0.4) is 0 Å². The molecule has 0 atom stereocenters. The molecule has 7 nitrogen and oxygen atoms in total. The number of benzene rings is 1. The maximum absolute atomic E-state index is 12.3. The van der Waals surface area contributed by atoms with E-state index in [0.29, 0.717) is 6.54 Å². The van der Waals surface area contributed by atoms with Crippen molar-refractivity contribution in [1.29, 1.82) is 0 Å². The van der Waals surface area contributed by atoms with E-state index < -0.39 is 10.0 Å². The van der Waals surface area contributed by atoms with Gasteiger partial charge in [0.25, 0.3) is 0 Å². The molecule has 0 amide bonds. The highest BCUT2D eigenvalue weighted by Crippen LogP contribution is 2.25. The van der Waals surface area contributed by atoms with Gasteiger partial charge >= 0.3 is 0 Å². The van der Waals surface area contributed by atoms with E-state index in [-0.39, 0.29) is 4.90 Å². The summed E-state index contributed by atoms with van der Waals surface area (Å²) in [5, 5.41) is 10.2. The molecule has 1 aromatic carbocycles. The van der Waals surface area contributed by atoms with Crippen LogP contribution in [0.4, 0.5) is 5.69 Å². The average Bonchev–Trinajstić information content (AvgIpc) is 2.96. The monoisotopic (exact) mass is 337 g/mol. The molecule has 0 radical (unpaired) electrons. The molecular weight excluding hydrogens is 314 g/mol. The van der Waals surface area contributed by atoms with Crippen molar-refractivity contribution in [3.63, 3.8) is 0 Å². The van der Waals surface area contributed by atoms with Crippen molar-refractivity contribution in [1.82, 2.24) is 19.5 Å². The SMILES string of the molecule is CCc1n[nH]c(CNc2cc(S(=O)(=O)N(C)C)cc(C)c2C)n1. The summed E-state index contributed by atoms with van der Waals surface area (Å²) in [5.74, 6) is 1.48. The van der Waals surface area contributed by atoms with E-state index in [0.717, 1.165) is 34.9 Å². The molecule has 0 unspecified atom stereocenters. The fourth-order valence-electron chi connectivity index (χ4n) is 2.12. The van der Waals surface area contributed by atoms with Gasteiger partial charge in [0.15, 0.2) is 5.82 Å². The molecule has 0 saturated carbocycles. The minimum absolute atomic E-state index is 0.278. The second kappa shape index (κ2) is 6.67. The number of anilines is 1. The third-order valence-electron chi connectivity index (χ3n) is 3.76. The standard InChI is InChI=1S/C15H23N5O2S/c1-6-14-17-15(19-18-14)9-16-13-8-12(7-10(2)11(13)3)23(21,22)20(4)5/h7-8,16H,6,9H2,1-5H3,(H,17,18,19). The molecule has 0 bridgehead atoms. The van der Waals surface area contributed by atoms with Crippen molar-refractivity contribution < 1.29 is 8.42 Å². The number of aryl methyl sites for hydroxylation is 2. The van der Waals surface area contributed by atoms with E-state index in [9.17, 15) is 8.42 Å². The summed E-state index contributed by atoms with van der Waals surface area (Å²) in [4.78, 5) is 4.62. The molecule has 2 N–H and O–H groups in total. The van der Waals surface area contributed by atoms with Gasteiger partial charge in [-0.1, -0.05) is 6.92 Å². The molecule has 8 heteroatoms. The Hall–Kier alpha value is -1.93. The van der Waals surface area contributed by atoms with Crippen LogP contribution in [0, 0.1) is 13.8 Å². The van der Waals surface area contributed by atoms with Gasteiger partial charge in [-0.15, -0.1) is 0 Å². The molecule has 2 rings (SSSR count). The van der Waals surface area contributed by atoms with Gasteiger partial charge in [0.2, 0.25) is 10.0 Å². The zero-order valence-electron chi connectivity index (χ0n) is 14.1. The van der Waals surface area contributed by atoms with E-state index in [4.69, 9.17) is 0 Å². The minimum atomic E-state index is -3.46. The van der Waals surface area contributed by atoms with E-state index >= 15 is 0 Å². The number of hydrogen-bond acceptors (Lipinski definition) is 5. The summed E-state index contributed by atoms with van der Waals surface area (Å²) in [6.07, 6.45) is 0.769. The smallest absolute Gasteiger partial charge is 0.242 e. The fourth-order valence-corrected chi connectivity index (χ4v) is 3.13. The van der Waals surface area contributed by atoms with Crippen LogP contribution in [0.1, 0.15) is 29.7 Å². The molecule has 0 aliphatic carbocycles. The minimum Gasteiger partial charge on any atom is -0.378 e. The number of aromatic nitrogens is 3. The number of rotatable bonds is 6. The zero-order chi connectivity index (χ0) is 17.2. The van der Waals surface area contributed by atoms with Gasteiger partial charge in [-0.05, 0) is 37.1 Å². The molecule has 0 fully saturated rings. The highest BCUT2D eigenvalue weighted by Gasteiger charge is 2.19. The van der Waals surface area contributed by atoms with Crippen molar-refractivity contribution in [3.05, 3.63) is 34.9 Å². The number of sulfonamides is 1. The Kier molecular flexibility index (Phi) is 5.06. The maximum atomic E-state index is 12.3. The lowest BCUT2D eigenvalue weighted by atomic mass is 10.1. The van der Waals surface area contributed by atoms with Gasteiger partial charge in [0, 0.05) is 26.2 Å². The first kappa shape index (κ1) is 17.4. The largest absolute Gasteiger partial charge is 0.378 e. The number of H-pyrrole nitrogens is 1. The van der Waals surface area contributed by atoms with Crippen LogP contribution < -0.4 is 5.32 Å². The Balaban J connectivity index is 2.29. The third-order valence-corrected chi connectivity index (χ3v) is 5.55. The lowest BCUT2D eigenvalue weighted by Crippen LogP contribution is -2.22. The Labute approximate surface area is 137 Å². The van der Waals surface area contributed by atoms with Gasteiger partial charge in [0.1, 0.15) is 5.82 Å². The molecule has 0 spiro atoms.